The van der Waals surface area contributed by atoms with Gasteiger partial charge in [0.05, 0.1) is 5.69 Å². The lowest BCUT2D eigenvalue weighted by Gasteiger charge is -2.04. The number of halogens is 1. The highest BCUT2D eigenvalue weighted by molar-refractivity contribution is 6.09. The van der Waals surface area contributed by atoms with E-state index >= 15 is 0 Å². The van der Waals surface area contributed by atoms with Crippen LogP contribution < -0.4 is 5.32 Å². The number of anilines is 1. The Morgan fingerprint density at radius 3 is 2.70 bits per heavy atom. The number of hydrogen-bond acceptors (Lipinski definition) is 3. The number of carbonyl (C=O) groups excluding carboxylic acids is 1. The lowest BCUT2D eigenvalue weighted by Crippen LogP contribution is -2.14. The topological polar surface area (TPSA) is 66.0 Å². The highest BCUT2D eigenvalue weighted by Crippen LogP contribution is 2.15. The van der Waals surface area contributed by atoms with E-state index < -0.39 is 11.7 Å². The van der Waals surface area contributed by atoms with Crippen molar-refractivity contribution in [3.63, 3.8) is 0 Å². The van der Waals surface area contributed by atoms with Gasteiger partial charge in [0.25, 0.3) is 5.91 Å². The molecule has 1 amide bonds. The minimum Gasteiger partial charge on any atom is -0.462 e. The number of carbonyl (C=O) groups is 1. The molecule has 0 atom stereocenters. The van der Waals surface area contributed by atoms with Crippen LogP contribution >= 0.6 is 0 Å². The van der Waals surface area contributed by atoms with E-state index in [1.807, 2.05) is 0 Å². The van der Waals surface area contributed by atoms with Gasteiger partial charge in [0.1, 0.15) is 29.0 Å². The number of para-hydroxylation sites is 1. The van der Waals surface area contributed by atoms with Gasteiger partial charge < -0.3 is 9.73 Å². The van der Waals surface area contributed by atoms with E-state index in [1.165, 1.54) is 24.3 Å². The fraction of sp³-hybridized carbons (Fsp3) is 0.0667. The van der Waals surface area contributed by atoms with Gasteiger partial charge in [-0.25, -0.2) is 4.39 Å². The minimum absolute atomic E-state index is 0.0225. The summed E-state index contributed by atoms with van der Waals surface area (Å²) in [6, 6.07) is 10.9. The van der Waals surface area contributed by atoms with Crippen LogP contribution in [0.2, 0.25) is 0 Å². The van der Waals surface area contributed by atoms with Crippen LogP contribution in [0.5, 0.6) is 0 Å². The molecule has 0 radical (unpaired) electrons. The van der Waals surface area contributed by atoms with Crippen molar-refractivity contribution in [2.45, 2.75) is 6.92 Å². The second-order valence-corrected chi connectivity index (χ2v) is 4.05. The molecule has 4 nitrogen and oxygen atoms in total. The molecule has 0 spiro atoms. The summed E-state index contributed by atoms with van der Waals surface area (Å²) in [5, 5.41) is 11.3. The van der Waals surface area contributed by atoms with E-state index in [0.29, 0.717) is 11.5 Å². The number of amides is 1. The van der Waals surface area contributed by atoms with Gasteiger partial charge in [-0.15, -0.1) is 0 Å². The lowest BCUT2D eigenvalue weighted by atomic mass is 10.2. The van der Waals surface area contributed by atoms with Gasteiger partial charge in [0.2, 0.25) is 0 Å². The second kappa shape index (κ2) is 5.85. The first kappa shape index (κ1) is 13.6. The van der Waals surface area contributed by atoms with Gasteiger partial charge in [-0.3, -0.25) is 4.79 Å². The van der Waals surface area contributed by atoms with E-state index in [0.717, 1.165) is 0 Å². The normalized spacial score (nSPS) is 10.9. The first-order valence-electron chi connectivity index (χ1n) is 5.84. The van der Waals surface area contributed by atoms with Crippen LogP contribution in [-0.2, 0) is 4.79 Å². The Morgan fingerprint density at radius 2 is 2.10 bits per heavy atom. The number of aryl methyl sites for hydroxylation is 1. The summed E-state index contributed by atoms with van der Waals surface area (Å²) in [6.07, 6.45) is 1.31. The molecular formula is C15H11FN2O2. The van der Waals surface area contributed by atoms with Crippen LogP contribution in [0.15, 0.2) is 46.4 Å². The summed E-state index contributed by atoms with van der Waals surface area (Å²) in [4.78, 5) is 11.9. The molecule has 1 N–H and O–H groups in total. The fourth-order valence-corrected chi connectivity index (χ4v) is 1.57. The Labute approximate surface area is 115 Å². The molecule has 0 aliphatic rings. The first-order chi connectivity index (χ1) is 9.60. The maximum atomic E-state index is 13.4. The molecule has 0 aliphatic heterocycles. The smallest absolute Gasteiger partial charge is 0.266 e. The summed E-state index contributed by atoms with van der Waals surface area (Å²) in [7, 11) is 0. The van der Waals surface area contributed by atoms with Crippen molar-refractivity contribution in [2.24, 2.45) is 0 Å². The zero-order valence-electron chi connectivity index (χ0n) is 10.7. The molecule has 0 saturated carbocycles. The zero-order valence-corrected chi connectivity index (χ0v) is 10.7. The van der Waals surface area contributed by atoms with Gasteiger partial charge in [0.15, 0.2) is 0 Å². The van der Waals surface area contributed by atoms with Crippen molar-refractivity contribution in [1.82, 2.24) is 0 Å². The summed E-state index contributed by atoms with van der Waals surface area (Å²) < 4.78 is 18.7. The van der Waals surface area contributed by atoms with Crippen molar-refractivity contribution in [2.75, 3.05) is 5.32 Å². The Hall–Kier alpha value is -2.87. The van der Waals surface area contributed by atoms with Gasteiger partial charge >= 0.3 is 0 Å². The molecule has 2 rings (SSSR count). The summed E-state index contributed by atoms with van der Waals surface area (Å²) >= 11 is 0. The van der Waals surface area contributed by atoms with Gasteiger partial charge in [0, 0.05) is 6.08 Å². The lowest BCUT2D eigenvalue weighted by molar-refractivity contribution is -0.112. The number of nitriles is 1. The van der Waals surface area contributed by atoms with Gasteiger partial charge in [-0.2, -0.15) is 5.26 Å². The molecule has 0 fully saturated rings. The van der Waals surface area contributed by atoms with Crippen LogP contribution in [0.1, 0.15) is 11.5 Å². The molecule has 100 valence electrons. The average molecular weight is 270 g/mol. The first-order valence-corrected chi connectivity index (χ1v) is 5.84. The van der Waals surface area contributed by atoms with E-state index in [2.05, 4.69) is 5.32 Å². The molecule has 0 bridgehead atoms. The molecule has 1 aromatic carbocycles. The van der Waals surface area contributed by atoms with E-state index in [9.17, 15) is 9.18 Å². The van der Waals surface area contributed by atoms with E-state index in [1.54, 1.807) is 31.2 Å². The van der Waals surface area contributed by atoms with Crippen LogP contribution in [-0.4, -0.2) is 5.91 Å². The third kappa shape index (κ3) is 3.12. The molecule has 0 saturated heterocycles. The Kier molecular flexibility index (Phi) is 3.96. The zero-order chi connectivity index (χ0) is 14.5. The molecule has 5 heteroatoms. The molecular weight excluding hydrogens is 259 g/mol. The van der Waals surface area contributed by atoms with Crippen LogP contribution in [0.25, 0.3) is 6.08 Å². The predicted molar refractivity (Wildman–Crippen MR) is 72.1 cm³/mol. The highest BCUT2D eigenvalue weighted by Gasteiger charge is 2.12. The van der Waals surface area contributed by atoms with Crippen molar-refractivity contribution in [3.05, 3.63) is 59.3 Å². The van der Waals surface area contributed by atoms with Crippen molar-refractivity contribution in [3.8, 4) is 6.07 Å². The van der Waals surface area contributed by atoms with Crippen molar-refractivity contribution in [1.29, 1.82) is 5.26 Å². The van der Waals surface area contributed by atoms with E-state index in [-0.39, 0.29) is 11.3 Å². The largest absolute Gasteiger partial charge is 0.462 e. The fourth-order valence-electron chi connectivity index (χ4n) is 1.57. The predicted octanol–water partition coefficient (Wildman–Crippen LogP) is 3.27. The monoisotopic (exact) mass is 270 g/mol. The van der Waals surface area contributed by atoms with Crippen molar-refractivity contribution >= 4 is 17.7 Å². The maximum absolute atomic E-state index is 13.4. The number of nitrogens with one attached hydrogen (secondary N) is 1. The highest BCUT2D eigenvalue weighted by atomic mass is 19.1. The van der Waals surface area contributed by atoms with Crippen LogP contribution in [0, 0.1) is 24.1 Å². The van der Waals surface area contributed by atoms with E-state index in [4.69, 9.17) is 9.68 Å². The Bertz CT molecular complexity index is 711. The standard InChI is InChI=1S/C15H11FN2O2/c1-10-6-7-12(20-10)8-11(9-17)15(19)18-14-5-3-2-4-13(14)16/h2-8H,1H3,(H,18,19)/b11-8+. The molecule has 0 unspecified atom stereocenters. The summed E-state index contributed by atoms with van der Waals surface area (Å²) in [5.41, 5.74) is -0.142. The number of furan rings is 1. The summed E-state index contributed by atoms with van der Waals surface area (Å²) in [6.45, 7) is 1.75. The number of rotatable bonds is 3. The maximum Gasteiger partial charge on any atom is 0.266 e. The number of hydrogen-bond donors (Lipinski definition) is 1. The van der Waals surface area contributed by atoms with Crippen molar-refractivity contribution < 1.29 is 13.6 Å². The van der Waals surface area contributed by atoms with Crippen LogP contribution in [0.3, 0.4) is 0 Å². The Morgan fingerprint density at radius 1 is 1.35 bits per heavy atom. The van der Waals surface area contributed by atoms with Gasteiger partial charge in [-0.1, -0.05) is 12.1 Å². The third-order valence-electron chi connectivity index (χ3n) is 2.53. The minimum atomic E-state index is -0.688. The van der Waals surface area contributed by atoms with Gasteiger partial charge in [-0.05, 0) is 31.2 Å². The number of benzene rings is 1. The van der Waals surface area contributed by atoms with Crippen LogP contribution in [0.4, 0.5) is 10.1 Å². The summed E-state index contributed by atoms with van der Waals surface area (Å²) in [5.74, 6) is -0.190. The Balaban J connectivity index is 2.21. The average Bonchev–Trinajstić information content (AvgIpc) is 2.84. The third-order valence-corrected chi connectivity index (χ3v) is 2.53. The molecule has 0 aliphatic carbocycles. The SMILES string of the molecule is Cc1ccc(/C=C(\C#N)C(=O)Nc2ccccc2F)o1. The molecule has 20 heavy (non-hydrogen) atoms. The molecule has 1 heterocycles. The molecule has 2 aromatic rings. The quantitative estimate of drug-likeness (QED) is 0.687. The second-order valence-electron chi connectivity index (χ2n) is 4.05. The number of nitrogens with zero attached hydrogens (tertiary/aromatic N) is 1. The molecule has 1 aromatic heterocycles.